The Labute approximate surface area is 103 Å². The highest BCUT2D eigenvalue weighted by Gasteiger charge is 2.04. The molecule has 0 bridgehead atoms. The molecule has 2 aromatic rings. The fraction of sp³-hybridized carbons (Fsp3) is 0.250. The summed E-state index contributed by atoms with van der Waals surface area (Å²) in [6.45, 7) is 5.70. The summed E-state index contributed by atoms with van der Waals surface area (Å²) in [7, 11) is 0. The van der Waals surface area contributed by atoms with E-state index in [9.17, 15) is 4.39 Å². The Bertz CT molecular complexity index is 423. The maximum Gasteiger partial charge on any atom is 0.138 e. The maximum absolute atomic E-state index is 13.2. The van der Waals surface area contributed by atoms with E-state index in [-0.39, 0.29) is 5.82 Å². The van der Waals surface area contributed by atoms with Gasteiger partial charge in [0.15, 0.2) is 0 Å². The summed E-state index contributed by atoms with van der Waals surface area (Å²) >= 11 is 3.25. The van der Waals surface area contributed by atoms with Crippen LogP contribution in [0.15, 0.2) is 22.7 Å². The maximum atomic E-state index is 13.2. The van der Waals surface area contributed by atoms with Crippen LogP contribution in [0.5, 0.6) is 0 Å². The van der Waals surface area contributed by atoms with Crippen molar-refractivity contribution < 1.29 is 4.39 Å². The summed E-state index contributed by atoms with van der Waals surface area (Å²) < 4.78 is 13.9. The quantitative estimate of drug-likeness (QED) is 0.793. The second-order valence-electron chi connectivity index (χ2n) is 3.15. The molecule has 0 amide bonds. The van der Waals surface area contributed by atoms with Crippen LogP contribution in [-0.4, -0.2) is 4.98 Å². The van der Waals surface area contributed by atoms with E-state index in [1.54, 1.807) is 19.1 Å². The molecule has 0 spiro atoms. The van der Waals surface area contributed by atoms with Crippen molar-refractivity contribution >= 4 is 32.7 Å². The first-order valence-electron chi connectivity index (χ1n) is 5.10. The Morgan fingerprint density at radius 3 is 2.50 bits per heavy atom. The molecule has 16 heavy (non-hydrogen) atoms. The Morgan fingerprint density at radius 2 is 1.88 bits per heavy atom. The molecular formula is C12H14BrFN2. The van der Waals surface area contributed by atoms with Crippen molar-refractivity contribution in [2.24, 2.45) is 0 Å². The molecule has 0 radical (unpaired) electrons. The van der Waals surface area contributed by atoms with Crippen LogP contribution in [0, 0.1) is 12.7 Å². The minimum atomic E-state index is -0.226. The minimum absolute atomic E-state index is 0.226. The third-order valence-electron chi connectivity index (χ3n) is 2.08. The lowest BCUT2D eigenvalue weighted by Gasteiger charge is -2.03. The zero-order valence-corrected chi connectivity index (χ0v) is 11.1. The smallest absolute Gasteiger partial charge is 0.138 e. The Kier molecular flexibility index (Phi) is 4.24. The highest BCUT2D eigenvalue weighted by atomic mass is 79.9. The molecule has 0 atom stereocenters. The van der Waals surface area contributed by atoms with Gasteiger partial charge in [-0.3, -0.25) is 0 Å². The number of nitrogens with zero attached hydrogens (tertiary/aromatic N) is 1. The summed E-state index contributed by atoms with van der Waals surface area (Å²) in [4.78, 5) is 4.14. The average molecular weight is 285 g/mol. The third kappa shape index (κ3) is 2.50. The van der Waals surface area contributed by atoms with Gasteiger partial charge in [-0.05, 0) is 46.6 Å². The lowest BCUT2D eigenvalue weighted by atomic mass is 10.1. The topological polar surface area (TPSA) is 38.9 Å². The van der Waals surface area contributed by atoms with Gasteiger partial charge in [-0.15, -0.1) is 0 Å². The number of aryl methyl sites for hydroxylation is 1. The normalized spacial score (nSPS) is 9.81. The number of fused-ring (bicyclic) bond motifs is 1. The Morgan fingerprint density at radius 1 is 1.25 bits per heavy atom. The van der Waals surface area contributed by atoms with E-state index in [1.165, 1.54) is 6.07 Å². The number of nitrogen functional groups attached to an aromatic ring is 1. The standard InChI is InChI=1S/C10H8BrFN2.C2H6/c1-5-2-9-6(4-8(5)12)3-7(11)10(13)14-9;1-2/h2-4H,1H3,(H2,13,14);1-2H3. The molecular weight excluding hydrogens is 271 g/mol. The van der Waals surface area contributed by atoms with Gasteiger partial charge in [0, 0.05) is 5.39 Å². The van der Waals surface area contributed by atoms with Crippen molar-refractivity contribution in [3.8, 4) is 0 Å². The average Bonchev–Trinajstić information content (AvgIpc) is 2.26. The van der Waals surface area contributed by atoms with Crippen LogP contribution in [0.1, 0.15) is 19.4 Å². The molecule has 2 N–H and O–H groups in total. The van der Waals surface area contributed by atoms with Crippen LogP contribution in [0.25, 0.3) is 10.9 Å². The van der Waals surface area contributed by atoms with E-state index in [2.05, 4.69) is 20.9 Å². The molecule has 1 heterocycles. The van der Waals surface area contributed by atoms with Gasteiger partial charge >= 0.3 is 0 Å². The lowest BCUT2D eigenvalue weighted by molar-refractivity contribution is 0.620. The first-order valence-corrected chi connectivity index (χ1v) is 5.89. The highest BCUT2D eigenvalue weighted by Crippen LogP contribution is 2.24. The van der Waals surface area contributed by atoms with E-state index in [0.29, 0.717) is 21.4 Å². The third-order valence-corrected chi connectivity index (χ3v) is 2.71. The van der Waals surface area contributed by atoms with Crippen LogP contribution in [0.4, 0.5) is 10.2 Å². The first kappa shape index (κ1) is 12.9. The number of rotatable bonds is 0. The van der Waals surface area contributed by atoms with Crippen LogP contribution in [0.2, 0.25) is 0 Å². The van der Waals surface area contributed by atoms with Crippen LogP contribution in [-0.2, 0) is 0 Å². The predicted molar refractivity (Wildman–Crippen MR) is 69.9 cm³/mol. The van der Waals surface area contributed by atoms with E-state index >= 15 is 0 Å². The molecule has 0 fully saturated rings. The molecule has 0 aliphatic heterocycles. The van der Waals surface area contributed by atoms with Crippen LogP contribution < -0.4 is 5.73 Å². The largest absolute Gasteiger partial charge is 0.383 e. The SMILES string of the molecule is CC.Cc1cc2nc(N)c(Br)cc2cc1F. The molecule has 0 unspecified atom stereocenters. The van der Waals surface area contributed by atoms with E-state index in [4.69, 9.17) is 5.73 Å². The van der Waals surface area contributed by atoms with E-state index < -0.39 is 0 Å². The second kappa shape index (κ2) is 5.25. The number of nitrogens with two attached hydrogens (primary N) is 1. The predicted octanol–water partition coefficient (Wildman–Crippen LogP) is 4.05. The van der Waals surface area contributed by atoms with Crippen LogP contribution >= 0.6 is 15.9 Å². The number of aromatic nitrogens is 1. The molecule has 1 aromatic heterocycles. The van der Waals surface area contributed by atoms with E-state index in [1.807, 2.05) is 13.8 Å². The number of benzene rings is 1. The molecule has 0 saturated heterocycles. The monoisotopic (exact) mass is 284 g/mol. The number of hydrogen-bond acceptors (Lipinski definition) is 2. The summed E-state index contributed by atoms with van der Waals surface area (Å²) in [6.07, 6.45) is 0. The summed E-state index contributed by atoms with van der Waals surface area (Å²) in [5, 5.41) is 0.745. The Hall–Kier alpha value is -1.16. The van der Waals surface area contributed by atoms with Gasteiger partial charge in [-0.1, -0.05) is 13.8 Å². The van der Waals surface area contributed by atoms with Crippen molar-refractivity contribution in [2.45, 2.75) is 20.8 Å². The Balaban J connectivity index is 0.000000606. The van der Waals surface area contributed by atoms with Crippen molar-refractivity contribution in [2.75, 3.05) is 5.73 Å². The number of pyridine rings is 1. The number of hydrogen-bond donors (Lipinski definition) is 1. The van der Waals surface area contributed by atoms with Gasteiger partial charge in [-0.2, -0.15) is 0 Å². The molecule has 2 nitrogen and oxygen atoms in total. The molecule has 1 aromatic carbocycles. The van der Waals surface area contributed by atoms with Gasteiger partial charge in [-0.25, -0.2) is 9.37 Å². The summed E-state index contributed by atoms with van der Waals surface area (Å²) in [6, 6.07) is 4.91. The van der Waals surface area contributed by atoms with Crippen molar-refractivity contribution in [1.82, 2.24) is 4.98 Å². The summed E-state index contributed by atoms with van der Waals surface area (Å²) in [5.74, 6) is 0.194. The molecule has 0 aliphatic rings. The number of anilines is 1. The highest BCUT2D eigenvalue weighted by molar-refractivity contribution is 9.10. The molecule has 0 aliphatic carbocycles. The van der Waals surface area contributed by atoms with E-state index in [0.717, 1.165) is 5.39 Å². The minimum Gasteiger partial charge on any atom is -0.383 e. The fourth-order valence-corrected chi connectivity index (χ4v) is 1.62. The van der Waals surface area contributed by atoms with Crippen molar-refractivity contribution in [3.05, 3.63) is 34.1 Å². The zero-order chi connectivity index (χ0) is 12.3. The summed E-state index contributed by atoms with van der Waals surface area (Å²) in [5.41, 5.74) is 6.91. The number of halogens is 2. The molecule has 4 heteroatoms. The van der Waals surface area contributed by atoms with Crippen LogP contribution in [0.3, 0.4) is 0 Å². The second-order valence-corrected chi connectivity index (χ2v) is 4.00. The van der Waals surface area contributed by atoms with Gasteiger partial charge in [0.1, 0.15) is 11.6 Å². The molecule has 2 rings (SSSR count). The molecule has 86 valence electrons. The van der Waals surface area contributed by atoms with Gasteiger partial charge in [0.05, 0.1) is 9.99 Å². The van der Waals surface area contributed by atoms with Gasteiger partial charge in [0.25, 0.3) is 0 Å². The molecule has 0 saturated carbocycles. The van der Waals surface area contributed by atoms with Gasteiger partial charge < -0.3 is 5.73 Å². The van der Waals surface area contributed by atoms with Gasteiger partial charge in [0.2, 0.25) is 0 Å². The van der Waals surface area contributed by atoms with Crippen molar-refractivity contribution in [1.29, 1.82) is 0 Å². The zero-order valence-electron chi connectivity index (χ0n) is 9.51. The van der Waals surface area contributed by atoms with Crippen molar-refractivity contribution in [3.63, 3.8) is 0 Å². The fourth-order valence-electron chi connectivity index (χ4n) is 1.29. The first-order chi connectivity index (χ1) is 7.58. The lowest BCUT2D eigenvalue weighted by Crippen LogP contribution is -1.93.